The first-order chi connectivity index (χ1) is 12.8. The van der Waals surface area contributed by atoms with Gasteiger partial charge in [0.2, 0.25) is 0 Å². The lowest BCUT2D eigenvalue weighted by molar-refractivity contribution is 0.108. The lowest BCUT2D eigenvalue weighted by Crippen LogP contribution is -2.24. The summed E-state index contributed by atoms with van der Waals surface area (Å²) >= 11 is 0. The Labute approximate surface area is 154 Å². The fraction of sp³-hybridized carbons (Fsp3) is 0.333. The van der Waals surface area contributed by atoms with Crippen molar-refractivity contribution >= 4 is 0 Å². The molecule has 0 saturated heterocycles. The quantitative estimate of drug-likeness (QED) is 0.742. The lowest BCUT2D eigenvalue weighted by atomic mass is 10.1. The maximum Gasteiger partial charge on any atom is 0.0820 e. The molecule has 2 aromatic heterocycles. The molecule has 1 aliphatic heterocycles. The van der Waals surface area contributed by atoms with Gasteiger partial charge in [-0.15, -0.1) is 0 Å². The summed E-state index contributed by atoms with van der Waals surface area (Å²) in [5, 5.41) is 7.77. The summed E-state index contributed by atoms with van der Waals surface area (Å²) < 4.78 is 5.64. The van der Waals surface area contributed by atoms with Crippen LogP contribution in [0.2, 0.25) is 0 Å². The maximum absolute atomic E-state index is 5.64. The van der Waals surface area contributed by atoms with Crippen LogP contribution in [-0.2, 0) is 37.4 Å². The molecule has 0 spiro atoms. The predicted molar refractivity (Wildman–Crippen MR) is 100 cm³/mol. The molecular weight excluding hydrogens is 324 g/mol. The number of hydrogen-bond donors (Lipinski definition) is 1. The highest BCUT2D eigenvalue weighted by atomic mass is 16.5. The molecule has 5 nitrogen and oxygen atoms in total. The molecule has 0 amide bonds. The minimum Gasteiger partial charge on any atom is -0.376 e. The van der Waals surface area contributed by atoms with Gasteiger partial charge in [0.1, 0.15) is 0 Å². The number of fused-ring (bicyclic) bond motifs is 1. The second-order valence-electron chi connectivity index (χ2n) is 6.82. The Morgan fingerprint density at radius 3 is 2.81 bits per heavy atom. The second-order valence-corrected chi connectivity index (χ2v) is 6.82. The van der Waals surface area contributed by atoms with E-state index in [-0.39, 0.29) is 0 Å². The highest BCUT2D eigenvalue weighted by Crippen LogP contribution is 2.21. The van der Waals surface area contributed by atoms with E-state index < -0.39 is 0 Å². The van der Waals surface area contributed by atoms with Gasteiger partial charge >= 0.3 is 0 Å². The van der Waals surface area contributed by atoms with Crippen LogP contribution >= 0.6 is 0 Å². The number of aromatic amines is 1. The Kier molecular flexibility index (Phi) is 5.09. The molecule has 26 heavy (non-hydrogen) atoms. The van der Waals surface area contributed by atoms with Gasteiger partial charge in [0, 0.05) is 43.5 Å². The van der Waals surface area contributed by atoms with Crippen molar-refractivity contribution in [2.24, 2.45) is 0 Å². The molecular formula is C21H24N4O. The third-order valence-electron chi connectivity index (χ3n) is 4.92. The van der Waals surface area contributed by atoms with Crippen molar-refractivity contribution in [1.82, 2.24) is 20.1 Å². The van der Waals surface area contributed by atoms with Gasteiger partial charge in [-0.3, -0.25) is 15.0 Å². The van der Waals surface area contributed by atoms with Crippen LogP contribution in [0.25, 0.3) is 0 Å². The first-order valence-electron chi connectivity index (χ1n) is 9.09. The van der Waals surface area contributed by atoms with Gasteiger partial charge in [0.15, 0.2) is 0 Å². The fourth-order valence-electron chi connectivity index (χ4n) is 3.43. The van der Waals surface area contributed by atoms with E-state index in [4.69, 9.17) is 4.74 Å². The van der Waals surface area contributed by atoms with E-state index >= 15 is 0 Å². The van der Waals surface area contributed by atoms with Gasteiger partial charge in [-0.1, -0.05) is 30.3 Å². The number of H-pyrrole nitrogens is 1. The molecule has 0 atom stereocenters. The van der Waals surface area contributed by atoms with Crippen molar-refractivity contribution in [3.8, 4) is 0 Å². The number of benzene rings is 1. The van der Waals surface area contributed by atoms with Crippen molar-refractivity contribution in [3.05, 3.63) is 82.4 Å². The molecule has 1 N–H and O–H groups in total. The molecule has 3 aromatic rings. The summed E-state index contributed by atoms with van der Waals surface area (Å²) in [5.74, 6) is 0. The van der Waals surface area contributed by atoms with E-state index in [1.807, 2.05) is 18.3 Å². The van der Waals surface area contributed by atoms with Gasteiger partial charge in [0.25, 0.3) is 0 Å². The van der Waals surface area contributed by atoms with E-state index in [1.165, 1.54) is 22.4 Å². The minimum absolute atomic E-state index is 0.656. The van der Waals surface area contributed by atoms with Crippen LogP contribution in [-0.4, -0.2) is 26.7 Å². The number of aryl methyl sites for hydroxylation is 1. The van der Waals surface area contributed by atoms with Crippen LogP contribution in [0.3, 0.4) is 0 Å². The van der Waals surface area contributed by atoms with Crippen molar-refractivity contribution in [2.45, 2.75) is 39.6 Å². The zero-order valence-electron chi connectivity index (χ0n) is 15.1. The fourth-order valence-corrected chi connectivity index (χ4v) is 3.43. The summed E-state index contributed by atoms with van der Waals surface area (Å²) in [7, 11) is 0. The number of nitrogens with zero attached hydrogens (tertiary/aromatic N) is 3. The average molecular weight is 348 g/mol. The van der Waals surface area contributed by atoms with Gasteiger partial charge in [-0.25, -0.2) is 0 Å². The Morgan fingerprint density at radius 1 is 1.08 bits per heavy atom. The summed E-state index contributed by atoms with van der Waals surface area (Å²) in [4.78, 5) is 6.90. The van der Waals surface area contributed by atoms with Gasteiger partial charge < -0.3 is 4.74 Å². The van der Waals surface area contributed by atoms with Crippen LogP contribution in [0, 0.1) is 6.92 Å². The molecule has 0 radical (unpaired) electrons. The van der Waals surface area contributed by atoms with Crippen molar-refractivity contribution in [3.63, 3.8) is 0 Å². The zero-order valence-corrected chi connectivity index (χ0v) is 15.1. The second kappa shape index (κ2) is 7.81. The molecule has 0 aliphatic carbocycles. The highest BCUT2D eigenvalue weighted by molar-refractivity contribution is 5.28. The average Bonchev–Trinajstić information content (AvgIpc) is 3.07. The largest absolute Gasteiger partial charge is 0.376 e. The number of aromatic nitrogens is 3. The van der Waals surface area contributed by atoms with E-state index in [2.05, 4.69) is 57.3 Å². The Balaban J connectivity index is 1.58. The van der Waals surface area contributed by atoms with E-state index in [1.54, 1.807) is 0 Å². The molecule has 1 aromatic carbocycles. The third kappa shape index (κ3) is 3.84. The Morgan fingerprint density at radius 2 is 1.96 bits per heavy atom. The number of nitrogens with one attached hydrogen (secondary N) is 1. The molecule has 0 fully saturated rings. The smallest absolute Gasteiger partial charge is 0.0820 e. The molecule has 0 unspecified atom stereocenters. The Hall–Kier alpha value is -2.50. The van der Waals surface area contributed by atoms with Crippen LogP contribution in [0.15, 0.2) is 48.7 Å². The number of hydrogen-bond acceptors (Lipinski definition) is 4. The van der Waals surface area contributed by atoms with E-state index in [0.29, 0.717) is 6.61 Å². The highest BCUT2D eigenvalue weighted by Gasteiger charge is 2.20. The van der Waals surface area contributed by atoms with Crippen molar-refractivity contribution in [1.29, 1.82) is 0 Å². The van der Waals surface area contributed by atoms with Crippen molar-refractivity contribution < 1.29 is 4.74 Å². The molecule has 1 aliphatic rings. The zero-order chi connectivity index (χ0) is 17.8. The van der Waals surface area contributed by atoms with Gasteiger partial charge in [0.05, 0.1) is 24.6 Å². The third-order valence-corrected chi connectivity index (χ3v) is 4.92. The van der Waals surface area contributed by atoms with Crippen LogP contribution < -0.4 is 0 Å². The summed E-state index contributed by atoms with van der Waals surface area (Å²) in [6.45, 7) is 6.03. The molecule has 0 saturated carbocycles. The first-order valence-corrected chi connectivity index (χ1v) is 9.09. The monoisotopic (exact) mass is 348 g/mol. The van der Waals surface area contributed by atoms with Gasteiger partial charge in [-0.05, 0) is 30.2 Å². The SMILES string of the molecule is Cc1ccccc1CN(Cc1ccccn1)Cc1n[nH]c2c1COCC2. The minimum atomic E-state index is 0.656. The maximum atomic E-state index is 5.64. The molecule has 5 heteroatoms. The number of ether oxygens (including phenoxy) is 1. The van der Waals surface area contributed by atoms with Crippen LogP contribution in [0.5, 0.6) is 0 Å². The number of rotatable bonds is 6. The molecule has 4 rings (SSSR count). The van der Waals surface area contributed by atoms with Crippen LogP contribution in [0.1, 0.15) is 33.8 Å². The molecule has 3 heterocycles. The van der Waals surface area contributed by atoms with E-state index in [0.717, 1.165) is 44.0 Å². The van der Waals surface area contributed by atoms with Crippen LogP contribution in [0.4, 0.5) is 0 Å². The topological polar surface area (TPSA) is 54.0 Å². The summed E-state index contributed by atoms with van der Waals surface area (Å²) in [6, 6.07) is 14.6. The summed E-state index contributed by atoms with van der Waals surface area (Å²) in [5.41, 5.74) is 7.26. The predicted octanol–water partition coefficient (Wildman–Crippen LogP) is 3.39. The number of pyridine rings is 1. The normalized spacial score (nSPS) is 13.8. The summed E-state index contributed by atoms with van der Waals surface area (Å²) in [6.07, 6.45) is 2.77. The van der Waals surface area contributed by atoms with Crippen molar-refractivity contribution in [2.75, 3.05) is 6.61 Å². The van der Waals surface area contributed by atoms with Gasteiger partial charge in [-0.2, -0.15) is 5.10 Å². The first kappa shape index (κ1) is 16.9. The Bertz CT molecular complexity index is 859. The van der Waals surface area contributed by atoms with E-state index in [9.17, 15) is 0 Å². The standard InChI is InChI=1S/C21H24N4O/c1-16-6-2-3-7-17(16)12-25(13-18-8-4-5-10-22-18)14-21-19-15-26-11-9-20(19)23-24-21/h2-8,10H,9,11-15H2,1H3,(H,23,24). The molecule has 0 bridgehead atoms. The molecule has 134 valence electrons. The lowest BCUT2D eigenvalue weighted by Gasteiger charge is -2.23.